The van der Waals surface area contributed by atoms with Gasteiger partial charge < -0.3 is 14.6 Å². The van der Waals surface area contributed by atoms with Crippen LogP contribution >= 0.6 is 11.3 Å². The summed E-state index contributed by atoms with van der Waals surface area (Å²) in [5.74, 6) is 0.320. The lowest BCUT2D eigenvalue weighted by Gasteiger charge is -2.12. The molecule has 140 valence electrons. The van der Waals surface area contributed by atoms with E-state index in [2.05, 4.69) is 17.1 Å². The van der Waals surface area contributed by atoms with Crippen molar-refractivity contribution in [2.45, 2.75) is 19.8 Å². The highest BCUT2D eigenvalue weighted by Gasteiger charge is 2.16. The molecule has 0 bridgehead atoms. The summed E-state index contributed by atoms with van der Waals surface area (Å²) >= 11 is 1.16. The third kappa shape index (κ3) is 4.65. The zero-order valence-corrected chi connectivity index (χ0v) is 16.1. The van der Waals surface area contributed by atoms with Crippen LogP contribution in [0.4, 0.5) is 0 Å². The number of benzene rings is 2. The van der Waals surface area contributed by atoms with Gasteiger partial charge in [0.25, 0.3) is 0 Å². The Labute approximate surface area is 162 Å². The zero-order valence-electron chi connectivity index (χ0n) is 15.3. The van der Waals surface area contributed by atoms with Gasteiger partial charge in [0, 0.05) is 5.56 Å². The molecule has 3 aromatic rings. The van der Waals surface area contributed by atoms with Gasteiger partial charge >= 0.3 is 5.97 Å². The molecule has 0 amide bonds. The predicted octanol–water partition coefficient (Wildman–Crippen LogP) is 4.84. The summed E-state index contributed by atoms with van der Waals surface area (Å²) in [4.78, 5) is 15.9. The van der Waals surface area contributed by atoms with Gasteiger partial charge in [-0.3, -0.25) is 0 Å². The summed E-state index contributed by atoms with van der Waals surface area (Å²) in [5, 5.41) is 9.88. The second kappa shape index (κ2) is 8.68. The largest absolute Gasteiger partial charge is 0.493 e. The number of ether oxygens (including phenoxy) is 2. The smallest absolute Gasteiger partial charge is 0.347 e. The first kappa shape index (κ1) is 18.9. The van der Waals surface area contributed by atoms with E-state index in [0.717, 1.165) is 29.7 Å². The lowest BCUT2D eigenvalue weighted by molar-refractivity contribution is 0.0701. The minimum atomic E-state index is -0.956. The maximum atomic E-state index is 11.3. The quantitative estimate of drug-likeness (QED) is 0.564. The lowest BCUT2D eigenvalue weighted by Crippen LogP contribution is -2.01. The van der Waals surface area contributed by atoms with Gasteiger partial charge in [-0.15, -0.1) is 11.3 Å². The van der Waals surface area contributed by atoms with Gasteiger partial charge in [-0.25, -0.2) is 9.78 Å². The fourth-order valence-corrected chi connectivity index (χ4v) is 3.65. The van der Waals surface area contributed by atoms with E-state index in [1.807, 2.05) is 36.4 Å². The zero-order chi connectivity index (χ0) is 19.2. The summed E-state index contributed by atoms with van der Waals surface area (Å²) in [6, 6.07) is 15.8. The van der Waals surface area contributed by atoms with Crippen molar-refractivity contribution in [3.8, 4) is 22.1 Å². The molecule has 0 unspecified atom stereocenters. The van der Waals surface area contributed by atoms with Crippen molar-refractivity contribution < 1.29 is 19.4 Å². The van der Waals surface area contributed by atoms with Crippen molar-refractivity contribution in [2.24, 2.45) is 0 Å². The molecule has 5 nitrogen and oxygen atoms in total. The van der Waals surface area contributed by atoms with E-state index in [0.29, 0.717) is 28.8 Å². The Morgan fingerprint density at radius 2 is 1.93 bits per heavy atom. The van der Waals surface area contributed by atoms with E-state index in [1.54, 1.807) is 14.0 Å². The number of carboxylic acids is 1. The molecule has 1 aromatic heterocycles. The molecular formula is C21H21NO4S. The number of methoxy groups -OCH3 is 1. The Hall–Kier alpha value is -2.86. The highest BCUT2D eigenvalue weighted by Crippen LogP contribution is 2.35. The number of carbonyl (C=O) groups is 1. The van der Waals surface area contributed by atoms with Crippen LogP contribution in [0.5, 0.6) is 11.5 Å². The molecule has 0 spiro atoms. The molecule has 0 fully saturated rings. The van der Waals surface area contributed by atoms with Crippen molar-refractivity contribution in [1.82, 2.24) is 4.98 Å². The Morgan fingerprint density at radius 1 is 1.15 bits per heavy atom. The molecule has 27 heavy (non-hydrogen) atoms. The lowest BCUT2D eigenvalue weighted by atomic mass is 10.1. The van der Waals surface area contributed by atoms with Gasteiger partial charge in [-0.1, -0.05) is 30.3 Å². The van der Waals surface area contributed by atoms with E-state index in [9.17, 15) is 9.90 Å². The van der Waals surface area contributed by atoms with E-state index in [-0.39, 0.29) is 4.88 Å². The molecule has 3 rings (SSSR count). The van der Waals surface area contributed by atoms with E-state index in [1.165, 1.54) is 5.56 Å². The number of aromatic nitrogens is 1. The first-order chi connectivity index (χ1) is 13.1. The van der Waals surface area contributed by atoms with Crippen molar-refractivity contribution >= 4 is 17.3 Å². The van der Waals surface area contributed by atoms with Crippen LogP contribution in [0.2, 0.25) is 0 Å². The average molecular weight is 383 g/mol. The second-order valence-corrected chi connectivity index (χ2v) is 7.04. The van der Waals surface area contributed by atoms with E-state index >= 15 is 0 Å². The van der Waals surface area contributed by atoms with E-state index in [4.69, 9.17) is 9.47 Å². The first-order valence-corrected chi connectivity index (χ1v) is 9.46. The van der Waals surface area contributed by atoms with Crippen LogP contribution in [-0.2, 0) is 6.42 Å². The van der Waals surface area contributed by atoms with Crippen LogP contribution in [0.15, 0.2) is 48.5 Å². The molecule has 0 atom stereocenters. The minimum Gasteiger partial charge on any atom is -0.493 e. The van der Waals surface area contributed by atoms with Crippen LogP contribution in [-0.4, -0.2) is 29.8 Å². The maximum absolute atomic E-state index is 11.3. The molecule has 0 radical (unpaired) electrons. The molecule has 1 N–H and O–H groups in total. The normalized spacial score (nSPS) is 10.6. The Morgan fingerprint density at radius 3 is 2.59 bits per heavy atom. The predicted molar refractivity (Wildman–Crippen MR) is 106 cm³/mol. The summed E-state index contributed by atoms with van der Waals surface area (Å²) in [6.07, 6.45) is 1.83. The van der Waals surface area contributed by atoms with Gasteiger partial charge in [-0.2, -0.15) is 0 Å². The Balaban J connectivity index is 1.71. The van der Waals surface area contributed by atoms with Crippen molar-refractivity contribution in [2.75, 3.05) is 13.7 Å². The number of thiazole rings is 1. The van der Waals surface area contributed by atoms with Gasteiger partial charge in [-0.05, 0) is 43.5 Å². The van der Waals surface area contributed by atoms with Crippen LogP contribution in [0.3, 0.4) is 0 Å². The van der Waals surface area contributed by atoms with Crippen LogP contribution in [0.25, 0.3) is 10.6 Å². The maximum Gasteiger partial charge on any atom is 0.347 e. The monoisotopic (exact) mass is 383 g/mol. The molecule has 6 heteroatoms. The number of hydrogen-bond acceptors (Lipinski definition) is 5. The van der Waals surface area contributed by atoms with Crippen LogP contribution in [0.1, 0.15) is 27.3 Å². The van der Waals surface area contributed by atoms with Crippen LogP contribution in [0, 0.1) is 6.92 Å². The number of hydrogen-bond donors (Lipinski definition) is 1. The molecule has 0 aliphatic rings. The second-order valence-electron chi connectivity index (χ2n) is 6.04. The molecule has 2 aromatic carbocycles. The third-order valence-corrected chi connectivity index (χ3v) is 5.31. The Bertz CT molecular complexity index is 921. The average Bonchev–Trinajstić information content (AvgIpc) is 3.08. The number of carboxylic acid groups (broad SMARTS) is 1. The fourth-order valence-electron chi connectivity index (χ4n) is 2.74. The highest BCUT2D eigenvalue weighted by molar-refractivity contribution is 7.17. The summed E-state index contributed by atoms with van der Waals surface area (Å²) in [6.45, 7) is 2.26. The number of rotatable bonds is 8. The summed E-state index contributed by atoms with van der Waals surface area (Å²) < 4.78 is 11.3. The minimum absolute atomic E-state index is 0.256. The summed E-state index contributed by atoms with van der Waals surface area (Å²) in [5.41, 5.74) is 2.61. The van der Waals surface area contributed by atoms with E-state index < -0.39 is 5.97 Å². The molecule has 0 saturated heterocycles. The molecule has 1 heterocycles. The Kier molecular flexibility index (Phi) is 6.08. The fraction of sp³-hybridized carbons (Fsp3) is 0.238. The molecule has 0 aliphatic heterocycles. The number of aromatic carboxylic acids is 1. The molecule has 0 saturated carbocycles. The molecule has 0 aliphatic carbocycles. The third-order valence-electron chi connectivity index (χ3n) is 4.11. The SMILES string of the molecule is COc1ccc(-c2nc(C)c(C(=O)O)s2)cc1OCCCc1ccccc1. The van der Waals surface area contributed by atoms with Gasteiger partial charge in [0.2, 0.25) is 0 Å². The molecular weight excluding hydrogens is 362 g/mol. The topological polar surface area (TPSA) is 68.7 Å². The van der Waals surface area contributed by atoms with Crippen molar-refractivity contribution in [3.05, 3.63) is 64.7 Å². The number of aryl methyl sites for hydroxylation is 2. The summed E-state index contributed by atoms with van der Waals surface area (Å²) in [7, 11) is 1.60. The van der Waals surface area contributed by atoms with Gasteiger partial charge in [0.15, 0.2) is 11.5 Å². The van der Waals surface area contributed by atoms with Crippen molar-refractivity contribution in [1.29, 1.82) is 0 Å². The van der Waals surface area contributed by atoms with Crippen molar-refractivity contribution in [3.63, 3.8) is 0 Å². The number of nitrogens with zero attached hydrogens (tertiary/aromatic N) is 1. The van der Waals surface area contributed by atoms with Gasteiger partial charge in [0.05, 0.1) is 19.4 Å². The standard InChI is InChI=1S/C21H21NO4S/c1-14-19(21(23)24)27-20(22-14)16-10-11-17(25-2)18(13-16)26-12-6-9-15-7-4-3-5-8-15/h3-5,7-8,10-11,13H,6,9,12H2,1-2H3,(H,23,24). The van der Waals surface area contributed by atoms with Gasteiger partial charge in [0.1, 0.15) is 9.88 Å². The first-order valence-electron chi connectivity index (χ1n) is 8.64. The highest BCUT2D eigenvalue weighted by atomic mass is 32.1. The van der Waals surface area contributed by atoms with Crippen LogP contribution < -0.4 is 9.47 Å².